The van der Waals surface area contributed by atoms with Gasteiger partial charge in [-0.3, -0.25) is 10.1 Å². The van der Waals surface area contributed by atoms with E-state index in [1.54, 1.807) is 13.8 Å². The number of nitro benzene ring substituents is 1. The molecule has 0 unspecified atom stereocenters. The Bertz CT molecular complexity index is 440. The third-order valence-corrected chi connectivity index (χ3v) is 2.77. The molecule has 0 aliphatic rings. The SMILES string of the molecule is CC(C)(CO)[C@@H](N)c1cc(F)ccc1[N+](=O)[O-].Cl. The normalized spacial score (nSPS) is 12.7. The minimum Gasteiger partial charge on any atom is -0.396 e. The van der Waals surface area contributed by atoms with Gasteiger partial charge in [0.15, 0.2) is 0 Å². The van der Waals surface area contributed by atoms with Gasteiger partial charge in [0.05, 0.1) is 10.5 Å². The monoisotopic (exact) mass is 278 g/mol. The highest BCUT2D eigenvalue weighted by Gasteiger charge is 2.32. The molecule has 7 heteroatoms. The van der Waals surface area contributed by atoms with Crippen LogP contribution in [-0.4, -0.2) is 16.6 Å². The van der Waals surface area contributed by atoms with Crippen molar-refractivity contribution in [1.82, 2.24) is 0 Å². The summed E-state index contributed by atoms with van der Waals surface area (Å²) in [6.45, 7) is 3.07. The Morgan fingerprint density at radius 2 is 2.11 bits per heavy atom. The summed E-state index contributed by atoms with van der Waals surface area (Å²) in [5, 5.41) is 20.0. The van der Waals surface area contributed by atoms with Gasteiger partial charge in [0.2, 0.25) is 0 Å². The predicted octanol–water partition coefficient (Wildman–Crippen LogP) is 2.17. The number of nitro groups is 1. The number of nitrogens with zero attached hydrogens (tertiary/aromatic N) is 1. The fraction of sp³-hybridized carbons (Fsp3) is 0.455. The van der Waals surface area contributed by atoms with Crippen LogP contribution in [0, 0.1) is 21.3 Å². The summed E-state index contributed by atoms with van der Waals surface area (Å²) in [5.41, 5.74) is 4.95. The molecule has 3 N–H and O–H groups in total. The Labute approximate surface area is 110 Å². The highest BCUT2D eigenvalue weighted by molar-refractivity contribution is 5.85. The second-order valence-electron chi connectivity index (χ2n) is 4.58. The minimum absolute atomic E-state index is 0. The van der Waals surface area contributed by atoms with Gasteiger partial charge in [-0.25, -0.2) is 4.39 Å². The van der Waals surface area contributed by atoms with Crippen LogP contribution in [0.5, 0.6) is 0 Å². The van der Waals surface area contributed by atoms with E-state index in [2.05, 4.69) is 0 Å². The molecule has 0 spiro atoms. The Balaban J connectivity index is 0.00000289. The van der Waals surface area contributed by atoms with E-state index in [9.17, 15) is 19.6 Å². The maximum atomic E-state index is 13.1. The van der Waals surface area contributed by atoms with Crippen molar-refractivity contribution in [3.05, 3.63) is 39.7 Å². The smallest absolute Gasteiger partial charge is 0.274 e. The van der Waals surface area contributed by atoms with Gasteiger partial charge in [0.25, 0.3) is 5.69 Å². The van der Waals surface area contributed by atoms with E-state index in [-0.39, 0.29) is 30.3 Å². The van der Waals surface area contributed by atoms with Gasteiger partial charge < -0.3 is 10.8 Å². The lowest BCUT2D eigenvalue weighted by atomic mass is 9.81. The van der Waals surface area contributed by atoms with E-state index in [0.29, 0.717) is 0 Å². The lowest BCUT2D eigenvalue weighted by molar-refractivity contribution is -0.386. The summed E-state index contributed by atoms with van der Waals surface area (Å²) in [4.78, 5) is 10.2. The van der Waals surface area contributed by atoms with Crippen molar-refractivity contribution in [2.24, 2.45) is 11.1 Å². The lowest BCUT2D eigenvalue weighted by Crippen LogP contribution is -2.33. The van der Waals surface area contributed by atoms with Crippen molar-refractivity contribution in [3.63, 3.8) is 0 Å². The molecule has 0 amide bonds. The van der Waals surface area contributed by atoms with Gasteiger partial charge in [-0.2, -0.15) is 0 Å². The molecule has 1 aromatic rings. The van der Waals surface area contributed by atoms with Crippen molar-refractivity contribution in [3.8, 4) is 0 Å². The molecule has 0 saturated carbocycles. The van der Waals surface area contributed by atoms with Crippen LogP contribution in [-0.2, 0) is 0 Å². The molecule has 0 aliphatic heterocycles. The number of benzene rings is 1. The van der Waals surface area contributed by atoms with Gasteiger partial charge in [-0.15, -0.1) is 12.4 Å². The number of aliphatic hydroxyl groups excluding tert-OH is 1. The van der Waals surface area contributed by atoms with Gasteiger partial charge in [0, 0.05) is 24.1 Å². The molecule has 0 saturated heterocycles. The zero-order chi connectivity index (χ0) is 13.2. The number of aliphatic hydroxyl groups is 1. The molecule has 0 aromatic heterocycles. The molecular weight excluding hydrogens is 263 g/mol. The maximum absolute atomic E-state index is 13.1. The van der Waals surface area contributed by atoms with Crippen molar-refractivity contribution < 1.29 is 14.4 Å². The number of hydrogen-bond acceptors (Lipinski definition) is 4. The zero-order valence-corrected chi connectivity index (χ0v) is 10.9. The van der Waals surface area contributed by atoms with Gasteiger partial charge in [-0.1, -0.05) is 13.8 Å². The second-order valence-corrected chi connectivity index (χ2v) is 4.58. The quantitative estimate of drug-likeness (QED) is 0.652. The van der Waals surface area contributed by atoms with E-state index >= 15 is 0 Å². The molecule has 0 heterocycles. The summed E-state index contributed by atoms with van der Waals surface area (Å²) in [7, 11) is 0. The third kappa shape index (κ3) is 3.38. The van der Waals surface area contributed by atoms with E-state index in [1.807, 2.05) is 0 Å². The van der Waals surface area contributed by atoms with Crippen LogP contribution in [0.15, 0.2) is 18.2 Å². The first kappa shape index (κ1) is 16.8. The molecule has 5 nitrogen and oxygen atoms in total. The standard InChI is InChI=1S/C11H15FN2O3.ClH/c1-11(2,6-15)10(13)8-5-7(12)3-4-9(8)14(16)17;/h3-5,10,15H,6,13H2,1-2H3;1H/t10-;/m0./s1. The Morgan fingerprint density at radius 1 is 1.56 bits per heavy atom. The molecule has 102 valence electrons. The van der Waals surface area contributed by atoms with E-state index in [0.717, 1.165) is 18.2 Å². The largest absolute Gasteiger partial charge is 0.396 e. The van der Waals surface area contributed by atoms with Crippen LogP contribution in [0.25, 0.3) is 0 Å². The Morgan fingerprint density at radius 3 is 2.56 bits per heavy atom. The number of halogens is 2. The fourth-order valence-electron chi connectivity index (χ4n) is 1.46. The van der Waals surface area contributed by atoms with Crippen molar-refractivity contribution in [2.75, 3.05) is 6.61 Å². The van der Waals surface area contributed by atoms with E-state index in [4.69, 9.17) is 5.73 Å². The summed E-state index contributed by atoms with van der Waals surface area (Å²) in [6.07, 6.45) is 0. The van der Waals surface area contributed by atoms with E-state index in [1.165, 1.54) is 0 Å². The predicted molar refractivity (Wildman–Crippen MR) is 68.1 cm³/mol. The Hall–Kier alpha value is -1.24. The zero-order valence-electron chi connectivity index (χ0n) is 10.1. The van der Waals surface area contributed by atoms with Crippen LogP contribution >= 0.6 is 12.4 Å². The number of nitrogens with two attached hydrogens (primary N) is 1. The van der Waals surface area contributed by atoms with Crippen LogP contribution in [0.3, 0.4) is 0 Å². The highest BCUT2D eigenvalue weighted by Crippen LogP contribution is 2.35. The van der Waals surface area contributed by atoms with Gasteiger partial charge >= 0.3 is 0 Å². The molecule has 0 fully saturated rings. The average molecular weight is 279 g/mol. The first-order valence-electron chi connectivity index (χ1n) is 5.10. The topological polar surface area (TPSA) is 89.4 Å². The molecule has 1 atom stereocenters. The molecule has 0 aliphatic carbocycles. The van der Waals surface area contributed by atoms with Crippen LogP contribution in [0.4, 0.5) is 10.1 Å². The van der Waals surface area contributed by atoms with Gasteiger partial charge in [-0.05, 0) is 12.1 Å². The van der Waals surface area contributed by atoms with Crippen molar-refractivity contribution in [1.29, 1.82) is 0 Å². The maximum Gasteiger partial charge on any atom is 0.274 e. The fourth-order valence-corrected chi connectivity index (χ4v) is 1.46. The van der Waals surface area contributed by atoms with Crippen LogP contribution in [0.1, 0.15) is 25.5 Å². The van der Waals surface area contributed by atoms with Crippen LogP contribution < -0.4 is 5.73 Å². The first-order chi connectivity index (χ1) is 7.79. The summed E-state index contributed by atoms with van der Waals surface area (Å²) >= 11 is 0. The van der Waals surface area contributed by atoms with Crippen molar-refractivity contribution >= 4 is 18.1 Å². The lowest BCUT2D eigenvalue weighted by Gasteiger charge is -2.29. The molecular formula is C11H16ClFN2O3. The third-order valence-electron chi connectivity index (χ3n) is 2.77. The molecule has 0 bridgehead atoms. The first-order valence-corrected chi connectivity index (χ1v) is 5.10. The summed E-state index contributed by atoms with van der Waals surface area (Å²) in [6, 6.07) is 2.32. The van der Waals surface area contributed by atoms with Crippen molar-refractivity contribution in [2.45, 2.75) is 19.9 Å². The molecule has 1 aromatic carbocycles. The minimum atomic E-state index is -0.816. The molecule has 0 radical (unpaired) electrons. The second kappa shape index (κ2) is 6.08. The summed E-state index contributed by atoms with van der Waals surface area (Å²) < 4.78 is 13.1. The number of rotatable bonds is 4. The summed E-state index contributed by atoms with van der Waals surface area (Å²) in [5.74, 6) is -0.588. The van der Waals surface area contributed by atoms with Gasteiger partial charge in [0.1, 0.15) is 5.82 Å². The van der Waals surface area contributed by atoms with E-state index < -0.39 is 22.2 Å². The van der Waals surface area contributed by atoms with Crippen LogP contribution in [0.2, 0.25) is 0 Å². The molecule has 1 rings (SSSR count). The highest BCUT2D eigenvalue weighted by atomic mass is 35.5. The molecule has 18 heavy (non-hydrogen) atoms. The number of hydrogen-bond donors (Lipinski definition) is 2. The Kier molecular flexibility index (Phi) is 5.66. The average Bonchev–Trinajstić information content (AvgIpc) is 2.27.